The van der Waals surface area contributed by atoms with Crippen LogP contribution in [0.15, 0.2) is 29.1 Å². The van der Waals surface area contributed by atoms with Gasteiger partial charge < -0.3 is 15.1 Å². The van der Waals surface area contributed by atoms with Crippen LogP contribution in [-0.4, -0.2) is 66.4 Å². The second-order valence-corrected chi connectivity index (χ2v) is 8.07. The highest BCUT2D eigenvalue weighted by atomic mass is 32.1. The van der Waals surface area contributed by atoms with E-state index in [9.17, 15) is 9.59 Å². The van der Waals surface area contributed by atoms with Gasteiger partial charge in [-0.2, -0.15) is 0 Å². The Hall–Kier alpha value is -2.45. The first kappa shape index (κ1) is 18.9. The topological polar surface area (TPSA) is 68.8 Å². The molecular formula is C20H25N5O2S. The van der Waals surface area contributed by atoms with E-state index in [0.29, 0.717) is 25.1 Å². The van der Waals surface area contributed by atoms with Crippen molar-refractivity contribution in [1.82, 2.24) is 14.8 Å². The van der Waals surface area contributed by atoms with Crippen molar-refractivity contribution in [3.8, 4) is 0 Å². The molecule has 3 heterocycles. The minimum absolute atomic E-state index is 0.0114. The van der Waals surface area contributed by atoms with Crippen LogP contribution < -0.4 is 10.2 Å². The zero-order valence-corrected chi connectivity index (χ0v) is 16.9. The fourth-order valence-corrected chi connectivity index (χ4v) is 4.31. The number of carbonyl (C=O) groups is 2. The van der Waals surface area contributed by atoms with Crippen molar-refractivity contribution in [2.75, 3.05) is 50.0 Å². The SMILES string of the molecule is CN1CCC(=O)Nc2cc(C(=O)N3CCCN(Cc4cscn4)CC3)ccc21. The minimum atomic E-state index is -0.0114. The molecule has 0 aliphatic carbocycles. The maximum atomic E-state index is 13.1. The van der Waals surface area contributed by atoms with Crippen LogP contribution >= 0.6 is 11.3 Å². The summed E-state index contributed by atoms with van der Waals surface area (Å²) < 4.78 is 0. The Kier molecular flexibility index (Phi) is 5.59. The number of amides is 2. The zero-order chi connectivity index (χ0) is 19.5. The highest BCUT2D eigenvalue weighted by molar-refractivity contribution is 7.07. The lowest BCUT2D eigenvalue weighted by Crippen LogP contribution is -2.35. The van der Waals surface area contributed by atoms with Gasteiger partial charge in [0.15, 0.2) is 0 Å². The summed E-state index contributed by atoms with van der Waals surface area (Å²) in [5, 5.41) is 5.01. The Labute approximate surface area is 169 Å². The summed E-state index contributed by atoms with van der Waals surface area (Å²) in [6.07, 6.45) is 1.40. The van der Waals surface area contributed by atoms with Gasteiger partial charge in [0, 0.05) is 63.7 Å². The van der Waals surface area contributed by atoms with E-state index in [2.05, 4.69) is 20.6 Å². The predicted molar refractivity (Wildman–Crippen MR) is 111 cm³/mol. The highest BCUT2D eigenvalue weighted by Crippen LogP contribution is 2.29. The largest absolute Gasteiger partial charge is 0.372 e. The van der Waals surface area contributed by atoms with E-state index in [1.54, 1.807) is 11.3 Å². The van der Waals surface area contributed by atoms with E-state index in [4.69, 9.17) is 0 Å². The number of carbonyl (C=O) groups excluding carboxylic acids is 2. The van der Waals surface area contributed by atoms with Crippen molar-refractivity contribution in [2.45, 2.75) is 19.4 Å². The summed E-state index contributed by atoms with van der Waals surface area (Å²) in [5.74, 6) is 0.0158. The molecule has 1 N–H and O–H groups in total. The van der Waals surface area contributed by atoms with E-state index in [1.807, 2.05) is 40.6 Å². The number of thiazole rings is 1. The molecule has 28 heavy (non-hydrogen) atoms. The molecule has 0 unspecified atom stereocenters. The third-order valence-electron chi connectivity index (χ3n) is 5.35. The lowest BCUT2D eigenvalue weighted by Gasteiger charge is -2.23. The molecule has 0 atom stereocenters. The molecule has 1 saturated heterocycles. The van der Waals surface area contributed by atoms with Gasteiger partial charge in [-0.05, 0) is 24.6 Å². The monoisotopic (exact) mass is 399 g/mol. The molecule has 148 valence electrons. The molecule has 4 rings (SSSR count). The van der Waals surface area contributed by atoms with Crippen molar-refractivity contribution in [3.05, 3.63) is 40.3 Å². The number of fused-ring (bicyclic) bond motifs is 1. The molecule has 0 spiro atoms. The lowest BCUT2D eigenvalue weighted by molar-refractivity contribution is -0.115. The van der Waals surface area contributed by atoms with Crippen LogP contribution in [0.1, 0.15) is 28.9 Å². The molecule has 0 saturated carbocycles. The number of aromatic nitrogens is 1. The quantitative estimate of drug-likeness (QED) is 0.858. The number of hydrogen-bond donors (Lipinski definition) is 1. The van der Waals surface area contributed by atoms with Crippen molar-refractivity contribution in [1.29, 1.82) is 0 Å². The van der Waals surface area contributed by atoms with Crippen LogP contribution in [0.2, 0.25) is 0 Å². The Bertz CT molecular complexity index is 854. The predicted octanol–water partition coefficient (Wildman–Crippen LogP) is 2.27. The van der Waals surface area contributed by atoms with Gasteiger partial charge in [0.2, 0.25) is 5.91 Å². The Morgan fingerprint density at radius 2 is 2.11 bits per heavy atom. The summed E-state index contributed by atoms with van der Waals surface area (Å²) in [5.41, 5.74) is 5.25. The molecule has 1 aromatic carbocycles. The molecular weight excluding hydrogens is 374 g/mol. The number of hydrogen-bond acceptors (Lipinski definition) is 6. The first-order chi connectivity index (χ1) is 13.6. The highest BCUT2D eigenvalue weighted by Gasteiger charge is 2.23. The van der Waals surface area contributed by atoms with Crippen molar-refractivity contribution in [2.24, 2.45) is 0 Å². The second kappa shape index (κ2) is 8.28. The number of nitrogens with one attached hydrogen (secondary N) is 1. The van der Waals surface area contributed by atoms with Crippen LogP contribution in [-0.2, 0) is 11.3 Å². The number of rotatable bonds is 3. The maximum Gasteiger partial charge on any atom is 0.253 e. The van der Waals surface area contributed by atoms with Gasteiger partial charge >= 0.3 is 0 Å². The van der Waals surface area contributed by atoms with Crippen molar-refractivity contribution >= 4 is 34.5 Å². The molecule has 8 heteroatoms. The average molecular weight is 400 g/mol. The van der Waals surface area contributed by atoms with E-state index >= 15 is 0 Å². The van der Waals surface area contributed by atoms with Gasteiger partial charge in [0.05, 0.1) is 22.6 Å². The second-order valence-electron chi connectivity index (χ2n) is 7.35. The maximum absolute atomic E-state index is 13.1. The third kappa shape index (κ3) is 4.18. The summed E-state index contributed by atoms with van der Waals surface area (Å²) >= 11 is 1.61. The van der Waals surface area contributed by atoms with Crippen LogP contribution in [0.5, 0.6) is 0 Å². The fourth-order valence-electron chi connectivity index (χ4n) is 3.76. The van der Waals surface area contributed by atoms with Crippen molar-refractivity contribution in [3.63, 3.8) is 0 Å². The van der Waals surface area contributed by atoms with E-state index in [-0.39, 0.29) is 11.8 Å². The zero-order valence-electron chi connectivity index (χ0n) is 16.1. The molecule has 2 aliphatic heterocycles. The van der Waals surface area contributed by atoms with Crippen LogP contribution in [0.25, 0.3) is 0 Å². The van der Waals surface area contributed by atoms with Gasteiger partial charge in [-0.25, -0.2) is 4.98 Å². The first-order valence-electron chi connectivity index (χ1n) is 9.64. The fraction of sp³-hybridized carbons (Fsp3) is 0.450. The standard InChI is InChI=1S/C20H25N5O2S/c1-23-8-5-19(26)22-17-11-15(3-4-18(17)23)20(27)25-7-2-6-24(9-10-25)12-16-13-28-14-21-16/h3-4,11,13-14H,2,5-10,12H2,1H3,(H,22,26). The summed E-state index contributed by atoms with van der Waals surface area (Å²) in [6, 6.07) is 5.61. The molecule has 2 aliphatic rings. The smallest absolute Gasteiger partial charge is 0.253 e. The molecule has 1 fully saturated rings. The van der Waals surface area contributed by atoms with Gasteiger partial charge in [0.25, 0.3) is 5.91 Å². The van der Waals surface area contributed by atoms with E-state index in [1.165, 1.54) is 0 Å². The van der Waals surface area contributed by atoms with Crippen LogP contribution in [0.3, 0.4) is 0 Å². The summed E-state index contributed by atoms with van der Waals surface area (Å²) in [7, 11) is 1.96. The van der Waals surface area contributed by atoms with Gasteiger partial charge in [0.1, 0.15) is 0 Å². The van der Waals surface area contributed by atoms with Gasteiger partial charge in [-0.1, -0.05) is 0 Å². The number of anilines is 2. The Morgan fingerprint density at radius 3 is 2.93 bits per heavy atom. The minimum Gasteiger partial charge on any atom is -0.372 e. The molecule has 7 nitrogen and oxygen atoms in total. The number of benzene rings is 1. The molecule has 2 aromatic rings. The Balaban J connectivity index is 1.45. The van der Waals surface area contributed by atoms with Crippen LogP contribution in [0, 0.1) is 0 Å². The molecule has 2 amide bonds. The average Bonchev–Trinajstić information content (AvgIpc) is 3.03. The number of nitrogens with zero attached hydrogens (tertiary/aromatic N) is 4. The summed E-state index contributed by atoms with van der Waals surface area (Å²) in [6.45, 7) is 4.76. The molecule has 0 bridgehead atoms. The normalized spacial score (nSPS) is 18.2. The van der Waals surface area contributed by atoms with E-state index < -0.39 is 0 Å². The first-order valence-corrected chi connectivity index (χ1v) is 10.6. The van der Waals surface area contributed by atoms with Gasteiger partial charge in [-0.3, -0.25) is 14.5 Å². The third-order valence-corrected chi connectivity index (χ3v) is 5.98. The molecule has 0 radical (unpaired) electrons. The van der Waals surface area contributed by atoms with E-state index in [0.717, 1.165) is 49.7 Å². The lowest BCUT2D eigenvalue weighted by atomic mass is 10.1. The summed E-state index contributed by atoms with van der Waals surface area (Å²) in [4.78, 5) is 35.7. The Morgan fingerprint density at radius 1 is 1.21 bits per heavy atom. The molecule has 1 aromatic heterocycles. The van der Waals surface area contributed by atoms with Crippen molar-refractivity contribution < 1.29 is 9.59 Å². The van der Waals surface area contributed by atoms with Gasteiger partial charge in [-0.15, -0.1) is 11.3 Å². The van der Waals surface area contributed by atoms with Crippen LogP contribution in [0.4, 0.5) is 11.4 Å².